The lowest BCUT2D eigenvalue weighted by Gasteiger charge is -2.12. The molecular weight excluding hydrogens is 244 g/mol. The fraction of sp³-hybridized carbons (Fsp3) is 0.333. The van der Waals surface area contributed by atoms with Crippen molar-refractivity contribution in [3.63, 3.8) is 0 Å². The summed E-state index contributed by atoms with van der Waals surface area (Å²) in [5.41, 5.74) is -0.366. The summed E-state index contributed by atoms with van der Waals surface area (Å²) in [5.74, 6) is -3.56. The van der Waals surface area contributed by atoms with Gasteiger partial charge in [-0.15, -0.1) is 0 Å². The van der Waals surface area contributed by atoms with Gasteiger partial charge in [-0.25, -0.2) is 13.6 Å². The van der Waals surface area contributed by atoms with E-state index in [0.717, 1.165) is 12.1 Å². The third kappa shape index (κ3) is 3.51. The number of hydrogen-bond acceptors (Lipinski definition) is 2. The van der Waals surface area contributed by atoms with Gasteiger partial charge in [-0.3, -0.25) is 4.79 Å². The number of hydrogen-bond donors (Lipinski definition) is 2. The minimum absolute atomic E-state index is 0.195. The standard InChI is InChI=1S/C12H13F2NO3/c1-2-10(12(17)18)15-11(16)6-7-8(13)4-3-5-9(7)14/h3-5,10H,2,6H2,1H3,(H,15,16)(H,17,18)/t10-/m1/s1. The minimum Gasteiger partial charge on any atom is -0.480 e. The molecule has 0 aromatic heterocycles. The molecule has 0 bridgehead atoms. The number of carbonyl (C=O) groups excluding carboxylic acids is 1. The predicted molar refractivity (Wildman–Crippen MR) is 59.9 cm³/mol. The molecule has 4 nitrogen and oxygen atoms in total. The highest BCUT2D eigenvalue weighted by molar-refractivity contribution is 5.84. The molecule has 0 aliphatic rings. The smallest absolute Gasteiger partial charge is 0.326 e. The van der Waals surface area contributed by atoms with Gasteiger partial charge in [0, 0.05) is 5.56 Å². The first-order valence-electron chi connectivity index (χ1n) is 5.40. The zero-order chi connectivity index (χ0) is 13.7. The van der Waals surface area contributed by atoms with E-state index in [0.29, 0.717) is 0 Å². The van der Waals surface area contributed by atoms with Crippen molar-refractivity contribution < 1.29 is 23.5 Å². The SMILES string of the molecule is CC[C@@H](NC(=O)Cc1c(F)cccc1F)C(=O)O. The Hall–Kier alpha value is -1.98. The minimum atomic E-state index is -1.18. The fourth-order valence-corrected chi connectivity index (χ4v) is 1.45. The van der Waals surface area contributed by atoms with Crippen molar-refractivity contribution in [1.29, 1.82) is 0 Å². The molecule has 0 saturated carbocycles. The second kappa shape index (κ2) is 6.09. The molecule has 6 heteroatoms. The molecule has 0 spiro atoms. The molecule has 18 heavy (non-hydrogen) atoms. The highest BCUT2D eigenvalue weighted by atomic mass is 19.1. The van der Waals surface area contributed by atoms with Gasteiger partial charge in [0.15, 0.2) is 0 Å². The summed E-state index contributed by atoms with van der Waals surface area (Å²) in [6, 6.07) is 2.23. The Bertz CT molecular complexity index is 442. The number of rotatable bonds is 5. The van der Waals surface area contributed by atoms with Gasteiger partial charge in [0.2, 0.25) is 5.91 Å². The van der Waals surface area contributed by atoms with Crippen LogP contribution in [0.4, 0.5) is 8.78 Å². The Morgan fingerprint density at radius 3 is 2.33 bits per heavy atom. The molecule has 2 N–H and O–H groups in total. The first-order valence-corrected chi connectivity index (χ1v) is 5.40. The van der Waals surface area contributed by atoms with Crippen molar-refractivity contribution in [1.82, 2.24) is 5.32 Å². The lowest BCUT2D eigenvalue weighted by molar-refractivity contribution is -0.141. The van der Waals surface area contributed by atoms with E-state index >= 15 is 0 Å². The third-order valence-corrected chi connectivity index (χ3v) is 2.44. The molecule has 0 heterocycles. The summed E-state index contributed by atoms with van der Waals surface area (Å²) in [7, 11) is 0. The van der Waals surface area contributed by atoms with Crippen LogP contribution in [0.25, 0.3) is 0 Å². The van der Waals surface area contributed by atoms with E-state index in [1.54, 1.807) is 6.92 Å². The van der Waals surface area contributed by atoms with Crippen LogP contribution >= 0.6 is 0 Å². The number of halogens is 2. The Morgan fingerprint density at radius 2 is 1.89 bits per heavy atom. The third-order valence-electron chi connectivity index (χ3n) is 2.44. The zero-order valence-corrected chi connectivity index (χ0v) is 9.74. The van der Waals surface area contributed by atoms with Gasteiger partial charge in [-0.2, -0.15) is 0 Å². The van der Waals surface area contributed by atoms with Crippen LogP contribution in [0.2, 0.25) is 0 Å². The van der Waals surface area contributed by atoms with Crippen molar-refractivity contribution >= 4 is 11.9 Å². The average molecular weight is 257 g/mol. The first-order chi connectivity index (χ1) is 8.45. The second-order valence-electron chi connectivity index (χ2n) is 3.74. The van der Waals surface area contributed by atoms with Gasteiger partial charge in [0.05, 0.1) is 6.42 Å². The molecule has 1 aromatic carbocycles. The number of amides is 1. The van der Waals surface area contributed by atoms with Crippen LogP contribution in [0.3, 0.4) is 0 Å². The number of carboxylic acid groups (broad SMARTS) is 1. The first kappa shape index (κ1) is 14.1. The highest BCUT2D eigenvalue weighted by Gasteiger charge is 2.19. The number of carbonyl (C=O) groups is 2. The van der Waals surface area contributed by atoms with Crippen molar-refractivity contribution in [2.24, 2.45) is 0 Å². The summed E-state index contributed by atoms with van der Waals surface area (Å²) in [6.07, 6.45) is -0.330. The Morgan fingerprint density at radius 1 is 1.33 bits per heavy atom. The molecule has 0 unspecified atom stereocenters. The summed E-state index contributed by atoms with van der Waals surface area (Å²) >= 11 is 0. The van der Waals surface area contributed by atoms with E-state index in [1.807, 2.05) is 0 Å². The molecule has 0 aliphatic heterocycles. The number of nitrogens with one attached hydrogen (secondary N) is 1. The lowest BCUT2D eigenvalue weighted by atomic mass is 10.1. The molecular formula is C12H13F2NO3. The molecule has 0 fully saturated rings. The molecule has 1 rings (SSSR count). The Kier molecular flexibility index (Phi) is 4.76. The van der Waals surface area contributed by atoms with Gasteiger partial charge in [0.1, 0.15) is 17.7 Å². The summed E-state index contributed by atoms with van der Waals surface area (Å²) in [6.45, 7) is 1.59. The van der Waals surface area contributed by atoms with Crippen molar-refractivity contribution in [3.05, 3.63) is 35.4 Å². The maximum Gasteiger partial charge on any atom is 0.326 e. The quantitative estimate of drug-likeness (QED) is 0.839. The van der Waals surface area contributed by atoms with Crippen LogP contribution in [0.1, 0.15) is 18.9 Å². The van der Waals surface area contributed by atoms with Crippen molar-refractivity contribution in [3.8, 4) is 0 Å². The average Bonchev–Trinajstić information content (AvgIpc) is 2.30. The Balaban J connectivity index is 2.73. The molecule has 1 aromatic rings. The largest absolute Gasteiger partial charge is 0.480 e. The van der Waals surface area contributed by atoms with Gasteiger partial charge >= 0.3 is 5.97 Å². The number of aliphatic carboxylic acids is 1. The molecule has 0 radical (unpaired) electrons. The molecule has 0 aliphatic carbocycles. The topological polar surface area (TPSA) is 66.4 Å². The van der Waals surface area contributed by atoms with E-state index < -0.39 is 36.0 Å². The van der Waals surface area contributed by atoms with Gasteiger partial charge in [0.25, 0.3) is 0 Å². The number of carboxylic acids is 1. The lowest BCUT2D eigenvalue weighted by Crippen LogP contribution is -2.41. The van der Waals surface area contributed by atoms with E-state index in [9.17, 15) is 18.4 Å². The predicted octanol–water partition coefficient (Wildman–Crippen LogP) is 1.49. The summed E-state index contributed by atoms with van der Waals surface area (Å²) < 4.78 is 26.5. The fourth-order valence-electron chi connectivity index (χ4n) is 1.45. The maximum absolute atomic E-state index is 13.3. The maximum atomic E-state index is 13.3. The normalized spacial score (nSPS) is 11.9. The van der Waals surface area contributed by atoms with Gasteiger partial charge in [-0.05, 0) is 18.6 Å². The summed E-state index contributed by atoms with van der Waals surface area (Å²) in [4.78, 5) is 22.2. The van der Waals surface area contributed by atoms with Gasteiger partial charge in [-0.1, -0.05) is 13.0 Å². The van der Waals surface area contributed by atoms with E-state index in [4.69, 9.17) is 5.11 Å². The van der Waals surface area contributed by atoms with E-state index in [1.165, 1.54) is 6.07 Å². The van der Waals surface area contributed by atoms with Crippen LogP contribution in [0.5, 0.6) is 0 Å². The van der Waals surface area contributed by atoms with E-state index in [2.05, 4.69) is 5.32 Å². The Labute approximate surface area is 103 Å². The van der Waals surface area contributed by atoms with Crippen LogP contribution in [0.15, 0.2) is 18.2 Å². The highest BCUT2D eigenvalue weighted by Crippen LogP contribution is 2.12. The second-order valence-corrected chi connectivity index (χ2v) is 3.74. The van der Waals surface area contributed by atoms with Crippen LogP contribution in [0, 0.1) is 11.6 Å². The zero-order valence-electron chi connectivity index (χ0n) is 9.74. The molecule has 0 saturated heterocycles. The summed E-state index contributed by atoms with van der Waals surface area (Å²) in [5, 5.41) is 10.9. The van der Waals surface area contributed by atoms with Crippen LogP contribution in [-0.2, 0) is 16.0 Å². The van der Waals surface area contributed by atoms with Gasteiger partial charge < -0.3 is 10.4 Å². The monoisotopic (exact) mass is 257 g/mol. The van der Waals surface area contributed by atoms with E-state index in [-0.39, 0.29) is 12.0 Å². The molecule has 98 valence electrons. The molecule has 1 amide bonds. The van der Waals surface area contributed by atoms with Crippen LogP contribution in [-0.4, -0.2) is 23.0 Å². The number of benzene rings is 1. The van der Waals surface area contributed by atoms with Crippen LogP contribution < -0.4 is 5.32 Å². The van der Waals surface area contributed by atoms with Crippen molar-refractivity contribution in [2.75, 3.05) is 0 Å². The molecule has 1 atom stereocenters. The van der Waals surface area contributed by atoms with Crippen molar-refractivity contribution in [2.45, 2.75) is 25.8 Å².